The maximum absolute atomic E-state index is 4.17. The van der Waals surface area contributed by atoms with E-state index < -0.39 is 0 Å². The second-order valence-corrected chi connectivity index (χ2v) is 5.25. The average molecular weight is 225 g/mol. The van der Waals surface area contributed by atoms with E-state index in [1.165, 1.54) is 38.5 Å². The molecule has 1 heterocycles. The Hall–Kier alpha value is -0.640. The summed E-state index contributed by atoms with van der Waals surface area (Å²) < 4.78 is 0. The topological polar surface area (TPSA) is 37.8 Å². The lowest BCUT2D eigenvalue weighted by molar-refractivity contribution is 0.618. The number of nitrogens with zero attached hydrogens (tertiary/aromatic N) is 2. The monoisotopic (exact) mass is 225 g/mol. The zero-order valence-electron chi connectivity index (χ0n) is 9.33. The molecule has 3 nitrogen and oxygen atoms in total. The highest BCUT2D eigenvalue weighted by atomic mass is 32.1. The molecule has 1 aliphatic carbocycles. The van der Waals surface area contributed by atoms with Crippen LogP contribution in [0.1, 0.15) is 50.5 Å². The zero-order chi connectivity index (χ0) is 10.5. The van der Waals surface area contributed by atoms with Gasteiger partial charge < -0.3 is 5.32 Å². The first-order valence-corrected chi connectivity index (χ1v) is 6.79. The van der Waals surface area contributed by atoms with Crippen molar-refractivity contribution in [1.29, 1.82) is 0 Å². The van der Waals surface area contributed by atoms with Crippen molar-refractivity contribution in [2.24, 2.45) is 0 Å². The number of rotatable bonds is 3. The predicted molar refractivity (Wildman–Crippen MR) is 64.4 cm³/mol. The van der Waals surface area contributed by atoms with Gasteiger partial charge in [0.1, 0.15) is 5.01 Å². The Morgan fingerprint density at radius 3 is 2.53 bits per heavy atom. The highest BCUT2D eigenvalue weighted by Crippen LogP contribution is 2.23. The van der Waals surface area contributed by atoms with E-state index in [0.717, 1.165) is 16.6 Å². The molecule has 0 amide bonds. The summed E-state index contributed by atoms with van der Waals surface area (Å²) in [5, 5.41) is 14.0. The van der Waals surface area contributed by atoms with Crippen molar-refractivity contribution in [3.63, 3.8) is 0 Å². The van der Waals surface area contributed by atoms with E-state index in [2.05, 4.69) is 22.4 Å². The van der Waals surface area contributed by atoms with Gasteiger partial charge in [-0.05, 0) is 19.3 Å². The van der Waals surface area contributed by atoms with Crippen LogP contribution in [0.2, 0.25) is 0 Å². The summed E-state index contributed by atoms with van der Waals surface area (Å²) in [6, 6.07) is 0.630. The van der Waals surface area contributed by atoms with Crippen molar-refractivity contribution < 1.29 is 0 Å². The molecule has 0 aliphatic heterocycles. The number of aryl methyl sites for hydroxylation is 1. The number of aromatic nitrogens is 2. The van der Waals surface area contributed by atoms with Crippen LogP contribution in [0.25, 0.3) is 0 Å². The van der Waals surface area contributed by atoms with Crippen molar-refractivity contribution in [3.05, 3.63) is 5.01 Å². The van der Waals surface area contributed by atoms with Crippen LogP contribution in [-0.4, -0.2) is 16.2 Å². The first kappa shape index (κ1) is 10.9. The van der Waals surface area contributed by atoms with E-state index >= 15 is 0 Å². The molecule has 2 rings (SSSR count). The zero-order valence-corrected chi connectivity index (χ0v) is 10.1. The van der Waals surface area contributed by atoms with Crippen molar-refractivity contribution in [1.82, 2.24) is 10.2 Å². The summed E-state index contributed by atoms with van der Waals surface area (Å²) in [7, 11) is 0. The maximum Gasteiger partial charge on any atom is 0.205 e. The summed E-state index contributed by atoms with van der Waals surface area (Å²) >= 11 is 1.70. The molecule has 4 heteroatoms. The Kier molecular flexibility index (Phi) is 3.94. The minimum absolute atomic E-state index is 0.630. The Balaban J connectivity index is 1.89. The summed E-state index contributed by atoms with van der Waals surface area (Å²) in [5.41, 5.74) is 0. The average Bonchev–Trinajstić information content (AvgIpc) is 2.54. The molecular formula is C11H19N3S. The second kappa shape index (κ2) is 5.45. The van der Waals surface area contributed by atoms with Crippen molar-refractivity contribution >= 4 is 16.5 Å². The number of hydrogen-bond donors (Lipinski definition) is 1. The number of hydrogen-bond acceptors (Lipinski definition) is 4. The van der Waals surface area contributed by atoms with Crippen LogP contribution >= 0.6 is 11.3 Å². The minimum Gasteiger partial charge on any atom is -0.357 e. The van der Waals surface area contributed by atoms with Gasteiger partial charge in [-0.1, -0.05) is 43.9 Å². The van der Waals surface area contributed by atoms with Gasteiger partial charge in [0, 0.05) is 6.04 Å². The summed E-state index contributed by atoms with van der Waals surface area (Å²) in [4.78, 5) is 0. The number of anilines is 1. The van der Waals surface area contributed by atoms with E-state index in [4.69, 9.17) is 0 Å². The van der Waals surface area contributed by atoms with E-state index in [0.29, 0.717) is 6.04 Å². The highest BCUT2D eigenvalue weighted by Gasteiger charge is 2.13. The molecule has 1 aromatic rings. The third kappa shape index (κ3) is 3.16. The van der Waals surface area contributed by atoms with Gasteiger partial charge >= 0.3 is 0 Å². The van der Waals surface area contributed by atoms with Crippen LogP contribution in [-0.2, 0) is 6.42 Å². The van der Waals surface area contributed by atoms with Crippen LogP contribution < -0.4 is 5.32 Å². The molecule has 0 spiro atoms. The molecule has 1 aliphatic rings. The molecular weight excluding hydrogens is 206 g/mol. The molecule has 15 heavy (non-hydrogen) atoms. The molecule has 1 N–H and O–H groups in total. The van der Waals surface area contributed by atoms with E-state index in [1.807, 2.05) is 0 Å². The lowest BCUT2D eigenvalue weighted by Crippen LogP contribution is -2.17. The van der Waals surface area contributed by atoms with Crippen LogP contribution in [0.5, 0.6) is 0 Å². The van der Waals surface area contributed by atoms with Crippen LogP contribution in [0.15, 0.2) is 0 Å². The van der Waals surface area contributed by atoms with Crippen LogP contribution in [0, 0.1) is 0 Å². The second-order valence-electron chi connectivity index (χ2n) is 4.19. The van der Waals surface area contributed by atoms with Gasteiger partial charge in [-0.2, -0.15) is 0 Å². The SMILES string of the molecule is CCc1nnc(NC2CCCCCC2)s1. The standard InChI is InChI=1S/C11H19N3S/c1-2-10-13-14-11(15-10)12-9-7-5-3-4-6-8-9/h9H,2-8H2,1H3,(H,12,14). The van der Waals surface area contributed by atoms with Crippen LogP contribution in [0.3, 0.4) is 0 Å². The summed E-state index contributed by atoms with van der Waals surface area (Å²) in [6.45, 7) is 2.12. The molecule has 1 fully saturated rings. The maximum atomic E-state index is 4.17. The molecule has 0 unspecified atom stereocenters. The lowest BCUT2D eigenvalue weighted by Gasteiger charge is -2.14. The molecule has 0 aromatic carbocycles. The molecule has 0 bridgehead atoms. The van der Waals surface area contributed by atoms with Gasteiger partial charge in [0.2, 0.25) is 5.13 Å². The van der Waals surface area contributed by atoms with Gasteiger partial charge in [-0.15, -0.1) is 10.2 Å². The highest BCUT2D eigenvalue weighted by molar-refractivity contribution is 7.15. The Labute approximate surface area is 95.3 Å². The first-order chi connectivity index (χ1) is 7.38. The molecule has 0 saturated heterocycles. The molecule has 0 atom stereocenters. The van der Waals surface area contributed by atoms with Crippen LogP contribution in [0.4, 0.5) is 5.13 Å². The smallest absolute Gasteiger partial charge is 0.205 e. The van der Waals surface area contributed by atoms with E-state index in [9.17, 15) is 0 Å². The predicted octanol–water partition coefficient (Wildman–Crippen LogP) is 3.24. The van der Waals surface area contributed by atoms with Gasteiger partial charge in [0.05, 0.1) is 0 Å². The van der Waals surface area contributed by atoms with Crippen molar-refractivity contribution in [3.8, 4) is 0 Å². The van der Waals surface area contributed by atoms with Crippen molar-refractivity contribution in [2.45, 2.75) is 57.9 Å². The molecule has 84 valence electrons. The lowest BCUT2D eigenvalue weighted by atomic mass is 10.1. The quantitative estimate of drug-likeness (QED) is 0.802. The summed E-state index contributed by atoms with van der Waals surface area (Å²) in [6.07, 6.45) is 9.09. The largest absolute Gasteiger partial charge is 0.357 e. The van der Waals surface area contributed by atoms with Gasteiger partial charge in [0.25, 0.3) is 0 Å². The minimum atomic E-state index is 0.630. The number of nitrogens with one attached hydrogen (secondary N) is 1. The summed E-state index contributed by atoms with van der Waals surface area (Å²) in [5.74, 6) is 0. The molecule has 1 aromatic heterocycles. The molecule has 0 radical (unpaired) electrons. The first-order valence-electron chi connectivity index (χ1n) is 5.97. The van der Waals surface area contributed by atoms with Gasteiger partial charge in [-0.25, -0.2) is 0 Å². The normalized spacial score (nSPS) is 18.7. The fraction of sp³-hybridized carbons (Fsp3) is 0.818. The van der Waals surface area contributed by atoms with E-state index in [1.54, 1.807) is 11.3 Å². The Bertz CT molecular complexity index is 290. The third-order valence-corrected chi connectivity index (χ3v) is 3.95. The van der Waals surface area contributed by atoms with Crippen molar-refractivity contribution in [2.75, 3.05) is 5.32 Å². The third-order valence-electron chi connectivity index (χ3n) is 2.95. The van der Waals surface area contributed by atoms with Gasteiger partial charge in [0.15, 0.2) is 0 Å². The molecule has 1 saturated carbocycles. The fourth-order valence-electron chi connectivity index (χ4n) is 2.05. The van der Waals surface area contributed by atoms with E-state index in [-0.39, 0.29) is 0 Å². The fourth-order valence-corrected chi connectivity index (χ4v) is 2.81. The Morgan fingerprint density at radius 1 is 1.20 bits per heavy atom. The Morgan fingerprint density at radius 2 is 1.93 bits per heavy atom. The van der Waals surface area contributed by atoms with Gasteiger partial charge in [-0.3, -0.25) is 0 Å².